The fourth-order valence-corrected chi connectivity index (χ4v) is 0.845. The Bertz CT molecular complexity index is 183. The van der Waals surface area contributed by atoms with Gasteiger partial charge in [0, 0.05) is 0 Å². The van der Waals surface area contributed by atoms with Crippen LogP contribution in [0.3, 0.4) is 0 Å². The first-order valence-corrected chi connectivity index (χ1v) is 3.64. The van der Waals surface area contributed by atoms with Crippen LogP contribution < -0.4 is 0 Å². The quantitative estimate of drug-likeness (QED) is 0.551. The average molecular weight is 188 g/mol. The molecule has 13 heavy (non-hydrogen) atoms. The van der Waals surface area contributed by atoms with Gasteiger partial charge in [0.25, 0.3) is 0 Å². The lowest BCUT2D eigenvalue weighted by Gasteiger charge is -2.26. The van der Waals surface area contributed by atoms with Gasteiger partial charge < -0.3 is 0 Å². The molecular formula is C5H8N4O4. The number of nitrogens with zero attached hydrogens (tertiary/aromatic N) is 4. The molecule has 0 radical (unpaired) electrons. The minimum absolute atomic E-state index is 0.0278. The molecule has 2 aliphatic rings. The van der Waals surface area contributed by atoms with Crippen molar-refractivity contribution in [3.05, 3.63) is 0 Å². The fourth-order valence-electron chi connectivity index (χ4n) is 0.845. The molecule has 2 rings (SSSR count). The second-order valence-electron chi connectivity index (χ2n) is 2.16. The molecule has 0 fully saturated rings. The summed E-state index contributed by atoms with van der Waals surface area (Å²) in [6.45, 7) is 0.111. The van der Waals surface area contributed by atoms with E-state index in [1.54, 1.807) is 0 Å². The highest BCUT2D eigenvalue weighted by Crippen LogP contribution is 2.21. The molecule has 0 aliphatic carbocycles. The van der Waals surface area contributed by atoms with E-state index in [4.69, 9.17) is 18.9 Å². The maximum atomic E-state index is 5.06. The molecule has 0 bridgehead atoms. The van der Waals surface area contributed by atoms with E-state index in [2.05, 4.69) is 20.5 Å². The maximum absolute atomic E-state index is 5.06. The molecule has 0 atom stereocenters. The van der Waals surface area contributed by atoms with Gasteiger partial charge in [-0.2, -0.15) is 20.5 Å². The number of rotatable bonds is 0. The van der Waals surface area contributed by atoms with Gasteiger partial charge in [-0.3, -0.25) is 18.9 Å². The lowest BCUT2D eigenvalue weighted by Crippen LogP contribution is -2.41. The predicted molar refractivity (Wildman–Crippen MR) is 36.3 cm³/mol. The maximum Gasteiger partial charge on any atom is 0.419 e. The summed E-state index contributed by atoms with van der Waals surface area (Å²) >= 11 is 0. The zero-order chi connectivity index (χ0) is 8.99. The molecule has 8 heteroatoms. The smallest absolute Gasteiger partial charge is 0.278 e. The van der Waals surface area contributed by atoms with E-state index in [-0.39, 0.29) is 26.9 Å². The third-order valence-electron chi connectivity index (χ3n) is 1.40. The Hall–Kier alpha value is -0.960. The van der Waals surface area contributed by atoms with E-state index in [9.17, 15) is 0 Å². The summed E-state index contributed by atoms with van der Waals surface area (Å²) in [7, 11) is 0. The van der Waals surface area contributed by atoms with Gasteiger partial charge in [-0.1, -0.05) is 0 Å². The van der Waals surface area contributed by atoms with E-state index >= 15 is 0 Å². The minimum atomic E-state index is -1.55. The number of ether oxygens (including phenoxy) is 4. The highest BCUT2D eigenvalue weighted by molar-refractivity contribution is 4.47. The summed E-state index contributed by atoms with van der Waals surface area (Å²) in [6, 6.07) is 0. The molecule has 0 aromatic heterocycles. The zero-order valence-electron chi connectivity index (χ0n) is 6.75. The Morgan fingerprint density at radius 1 is 0.615 bits per heavy atom. The van der Waals surface area contributed by atoms with Crippen molar-refractivity contribution < 1.29 is 18.9 Å². The van der Waals surface area contributed by atoms with E-state index in [0.29, 0.717) is 0 Å². The summed E-state index contributed by atoms with van der Waals surface area (Å²) in [5, 5.41) is 14.4. The standard InChI is InChI=1S/C5H8N4O4/c1-6-7-2-11-5(10-1)12-3-8-9-4-13-5/h1-4H2. The van der Waals surface area contributed by atoms with Gasteiger partial charge in [0.05, 0.1) is 0 Å². The molecule has 8 nitrogen and oxygen atoms in total. The largest absolute Gasteiger partial charge is 0.419 e. The van der Waals surface area contributed by atoms with Crippen molar-refractivity contribution in [2.24, 2.45) is 20.5 Å². The Labute approximate surface area is 73.5 Å². The first kappa shape index (κ1) is 8.63. The Morgan fingerprint density at radius 3 is 1.23 bits per heavy atom. The van der Waals surface area contributed by atoms with Gasteiger partial charge in [0.2, 0.25) is 0 Å². The van der Waals surface area contributed by atoms with Crippen molar-refractivity contribution in [1.82, 2.24) is 0 Å². The Kier molecular flexibility index (Phi) is 2.54. The molecule has 0 unspecified atom stereocenters. The van der Waals surface area contributed by atoms with Crippen molar-refractivity contribution >= 4 is 0 Å². The second-order valence-corrected chi connectivity index (χ2v) is 2.16. The summed E-state index contributed by atoms with van der Waals surface area (Å²) < 4.78 is 20.3. The molecule has 0 saturated carbocycles. The Balaban J connectivity index is 2.01. The van der Waals surface area contributed by atoms with Gasteiger partial charge in [-0.05, 0) is 0 Å². The average Bonchev–Trinajstić information content (AvgIpc) is 2.50. The first-order valence-electron chi connectivity index (χ1n) is 3.64. The van der Waals surface area contributed by atoms with Crippen molar-refractivity contribution in [2.45, 2.75) is 6.16 Å². The first-order chi connectivity index (χ1) is 6.41. The van der Waals surface area contributed by atoms with Crippen LogP contribution in [0.1, 0.15) is 0 Å². The van der Waals surface area contributed by atoms with Crippen LogP contribution in [0.2, 0.25) is 0 Å². The third-order valence-corrected chi connectivity index (χ3v) is 1.40. The van der Waals surface area contributed by atoms with Crippen LogP contribution in [-0.4, -0.2) is 33.1 Å². The normalized spacial score (nSPS) is 27.1. The van der Waals surface area contributed by atoms with Crippen LogP contribution in [0.4, 0.5) is 0 Å². The monoisotopic (exact) mass is 188 g/mol. The van der Waals surface area contributed by atoms with E-state index in [1.807, 2.05) is 0 Å². The lowest BCUT2D eigenvalue weighted by atomic mass is 11.0. The van der Waals surface area contributed by atoms with Gasteiger partial charge in [0.1, 0.15) is 0 Å². The highest BCUT2D eigenvalue weighted by atomic mass is 17.0. The van der Waals surface area contributed by atoms with E-state index < -0.39 is 6.16 Å². The summed E-state index contributed by atoms with van der Waals surface area (Å²) in [4.78, 5) is 0. The van der Waals surface area contributed by atoms with Gasteiger partial charge in [0.15, 0.2) is 26.9 Å². The molecular weight excluding hydrogens is 180 g/mol. The van der Waals surface area contributed by atoms with Crippen molar-refractivity contribution in [3.63, 3.8) is 0 Å². The SMILES string of the molecule is C1N=NCOC2(O1)OCN=NCO2. The highest BCUT2D eigenvalue weighted by Gasteiger charge is 2.38. The van der Waals surface area contributed by atoms with Crippen molar-refractivity contribution in [2.75, 3.05) is 26.9 Å². The molecule has 72 valence electrons. The molecule has 0 aromatic rings. The molecule has 2 heterocycles. The topological polar surface area (TPSA) is 86.4 Å². The predicted octanol–water partition coefficient (Wildman–Crippen LogP) is 0.426. The third kappa shape index (κ3) is 2.04. The number of hydrogen-bond acceptors (Lipinski definition) is 8. The van der Waals surface area contributed by atoms with Crippen LogP contribution in [0.25, 0.3) is 0 Å². The Morgan fingerprint density at radius 2 is 0.923 bits per heavy atom. The molecule has 1 spiro atoms. The van der Waals surface area contributed by atoms with Crippen LogP contribution in [-0.2, 0) is 18.9 Å². The van der Waals surface area contributed by atoms with Crippen LogP contribution in [0.5, 0.6) is 0 Å². The van der Waals surface area contributed by atoms with Gasteiger partial charge in [-0.25, -0.2) is 0 Å². The molecule has 0 amide bonds. The number of hydrogen-bond donors (Lipinski definition) is 0. The number of azo groups is 2. The van der Waals surface area contributed by atoms with Crippen LogP contribution in [0.15, 0.2) is 20.5 Å². The summed E-state index contributed by atoms with van der Waals surface area (Å²) in [5.41, 5.74) is 0. The summed E-state index contributed by atoms with van der Waals surface area (Å²) in [5.74, 6) is 0. The van der Waals surface area contributed by atoms with E-state index in [0.717, 1.165) is 0 Å². The summed E-state index contributed by atoms with van der Waals surface area (Å²) in [6.07, 6.45) is -1.55. The second kappa shape index (κ2) is 3.83. The molecule has 0 saturated heterocycles. The molecule has 0 aromatic carbocycles. The van der Waals surface area contributed by atoms with E-state index in [1.165, 1.54) is 0 Å². The fraction of sp³-hybridized carbons (Fsp3) is 1.00. The lowest BCUT2D eigenvalue weighted by molar-refractivity contribution is -0.491. The minimum Gasteiger partial charge on any atom is -0.278 e. The van der Waals surface area contributed by atoms with Crippen molar-refractivity contribution in [1.29, 1.82) is 0 Å². The van der Waals surface area contributed by atoms with Crippen LogP contribution >= 0.6 is 0 Å². The van der Waals surface area contributed by atoms with Gasteiger partial charge >= 0.3 is 6.16 Å². The molecule has 2 aliphatic heterocycles. The zero-order valence-corrected chi connectivity index (χ0v) is 6.75. The molecule has 0 N–H and O–H groups in total. The van der Waals surface area contributed by atoms with Crippen molar-refractivity contribution in [3.8, 4) is 0 Å². The van der Waals surface area contributed by atoms with Crippen LogP contribution in [0, 0.1) is 0 Å². The van der Waals surface area contributed by atoms with Gasteiger partial charge in [-0.15, -0.1) is 0 Å².